The molecule has 0 fully saturated rings. The van der Waals surface area contributed by atoms with Gasteiger partial charge >= 0.3 is 0 Å². The van der Waals surface area contributed by atoms with E-state index >= 15 is 0 Å². The number of nitriles is 1. The van der Waals surface area contributed by atoms with E-state index in [1.54, 1.807) is 12.3 Å². The van der Waals surface area contributed by atoms with E-state index in [0.717, 1.165) is 5.56 Å². The van der Waals surface area contributed by atoms with E-state index in [9.17, 15) is 0 Å². The predicted molar refractivity (Wildman–Crippen MR) is 43.0 cm³/mol. The molecule has 0 unspecified atom stereocenters. The third-order valence-corrected chi connectivity index (χ3v) is 1.52. The maximum atomic E-state index is 8.33. The van der Waals surface area contributed by atoms with Crippen LogP contribution in [-0.4, -0.2) is 4.98 Å². The fourth-order valence-corrected chi connectivity index (χ4v) is 0.802. The summed E-state index contributed by atoms with van der Waals surface area (Å²) < 4.78 is 0. The highest BCUT2D eigenvalue weighted by atomic mass is 35.5. The zero-order valence-electron chi connectivity index (χ0n) is 5.71. The van der Waals surface area contributed by atoms with Crippen LogP contribution in [0.15, 0.2) is 12.3 Å². The Balaban J connectivity index is 2.98. The minimum atomic E-state index is 0.284. The third kappa shape index (κ3) is 1.82. The van der Waals surface area contributed by atoms with E-state index in [0.29, 0.717) is 12.1 Å². The molecule has 1 aromatic rings. The van der Waals surface area contributed by atoms with Crippen molar-refractivity contribution in [3.05, 3.63) is 23.0 Å². The zero-order valence-corrected chi connectivity index (χ0v) is 6.47. The molecule has 0 radical (unpaired) electrons. The molecule has 0 bridgehead atoms. The first kappa shape index (κ1) is 7.83. The number of hydrogen-bond donors (Lipinski definition) is 1. The Hall–Kier alpha value is -1.27. The number of anilines is 1. The molecule has 4 heteroatoms. The first-order valence-electron chi connectivity index (χ1n) is 3.01. The van der Waals surface area contributed by atoms with Crippen molar-refractivity contribution >= 4 is 17.3 Å². The van der Waals surface area contributed by atoms with Crippen molar-refractivity contribution < 1.29 is 0 Å². The van der Waals surface area contributed by atoms with Crippen molar-refractivity contribution in [1.29, 1.82) is 5.26 Å². The molecule has 1 rings (SSSR count). The molecule has 0 saturated carbocycles. The van der Waals surface area contributed by atoms with Gasteiger partial charge < -0.3 is 5.73 Å². The highest BCUT2D eigenvalue weighted by molar-refractivity contribution is 6.31. The SMILES string of the molecule is N#CCc1cnc(Cl)c(N)c1. The van der Waals surface area contributed by atoms with Crippen molar-refractivity contribution in [2.75, 3.05) is 5.73 Å². The van der Waals surface area contributed by atoms with Gasteiger partial charge in [0.1, 0.15) is 0 Å². The molecule has 0 saturated heterocycles. The maximum Gasteiger partial charge on any atom is 0.151 e. The first-order chi connectivity index (χ1) is 5.24. The summed E-state index contributed by atoms with van der Waals surface area (Å²) in [4.78, 5) is 3.79. The molecular formula is C7H6ClN3. The average Bonchev–Trinajstić information content (AvgIpc) is 1.98. The van der Waals surface area contributed by atoms with Crippen LogP contribution in [0.25, 0.3) is 0 Å². The lowest BCUT2D eigenvalue weighted by Crippen LogP contribution is -1.92. The molecule has 0 amide bonds. The number of hydrogen-bond acceptors (Lipinski definition) is 3. The molecule has 1 heterocycles. The number of aromatic nitrogens is 1. The van der Waals surface area contributed by atoms with Gasteiger partial charge in [0.2, 0.25) is 0 Å². The number of halogens is 1. The van der Waals surface area contributed by atoms with Gasteiger partial charge in [0.15, 0.2) is 5.15 Å². The number of nitrogen functional groups attached to an aromatic ring is 1. The van der Waals surface area contributed by atoms with E-state index in [4.69, 9.17) is 22.6 Å². The first-order valence-corrected chi connectivity index (χ1v) is 3.38. The number of nitrogens with two attached hydrogens (primary N) is 1. The van der Waals surface area contributed by atoms with Gasteiger partial charge in [-0.15, -0.1) is 0 Å². The molecule has 0 aliphatic heterocycles. The molecule has 3 nitrogen and oxygen atoms in total. The minimum Gasteiger partial charge on any atom is -0.396 e. The van der Waals surface area contributed by atoms with Crippen molar-refractivity contribution in [1.82, 2.24) is 4.98 Å². The minimum absolute atomic E-state index is 0.284. The Kier molecular flexibility index (Phi) is 2.29. The summed E-state index contributed by atoms with van der Waals surface area (Å²) in [6.07, 6.45) is 1.86. The second kappa shape index (κ2) is 3.22. The van der Waals surface area contributed by atoms with E-state index in [1.165, 1.54) is 0 Å². The molecule has 1 aromatic heterocycles. The average molecular weight is 168 g/mol. The van der Waals surface area contributed by atoms with Crippen LogP contribution in [-0.2, 0) is 6.42 Å². The molecule has 56 valence electrons. The van der Waals surface area contributed by atoms with Crippen LogP contribution in [0.1, 0.15) is 5.56 Å². The predicted octanol–water partition coefficient (Wildman–Crippen LogP) is 1.38. The van der Waals surface area contributed by atoms with Crippen LogP contribution in [0.2, 0.25) is 5.15 Å². The zero-order chi connectivity index (χ0) is 8.27. The normalized spacial score (nSPS) is 9.09. The smallest absolute Gasteiger partial charge is 0.151 e. The van der Waals surface area contributed by atoms with Crippen molar-refractivity contribution in [2.24, 2.45) is 0 Å². The molecule has 0 atom stereocenters. The summed E-state index contributed by atoms with van der Waals surface area (Å²) in [6, 6.07) is 3.64. The summed E-state index contributed by atoms with van der Waals surface area (Å²) in [5.74, 6) is 0. The van der Waals surface area contributed by atoms with E-state index in [-0.39, 0.29) is 5.15 Å². The van der Waals surface area contributed by atoms with Crippen LogP contribution < -0.4 is 5.73 Å². The fourth-order valence-electron chi connectivity index (χ4n) is 0.699. The van der Waals surface area contributed by atoms with E-state index in [2.05, 4.69) is 4.98 Å². The van der Waals surface area contributed by atoms with Crippen LogP contribution >= 0.6 is 11.6 Å². The highest BCUT2D eigenvalue weighted by Crippen LogP contribution is 2.15. The third-order valence-electron chi connectivity index (χ3n) is 1.21. The van der Waals surface area contributed by atoms with Gasteiger partial charge in [-0.05, 0) is 11.6 Å². The summed E-state index contributed by atoms with van der Waals surface area (Å²) in [7, 11) is 0. The monoisotopic (exact) mass is 167 g/mol. The van der Waals surface area contributed by atoms with Crippen molar-refractivity contribution in [2.45, 2.75) is 6.42 Å². The Morgan fingerprint density at radius 1 is 1.73 bits per heavy atom. The molecular weight excluding hydrogens is 162 g/mol. The maximum absolute atomic E-state index is 8.33. The Morgan fingerprint density at radius 3 is 3.00 bits per heavy atom. The summed E-state index contributed by atoms with van der Waals surface area (Å²) >= 11 is 5.56. The lowest BCUT2D eigenvalue weighted by molar-refractivity contribution is 1.19. The second-order valence-electron chi connectivity index (χ2n) is 2.06. The summed E-state index contributed by atoms with van der Waals surface area (Å²) in [5.41, 5.74) is 6.65. The lowest BCUT2D eigenvalue weighted by atomic mass is 10.2. The molecule has 0 spiro atoms. The van der Waals surface area contributed by atoms with E-state index < -0.39 is 0 Å². The number of nitrogens with zero attached hydrogens (tertiary/aromatic N) is 2. The highest BCUT2D eigenvalue weighted by Gasteiger charge is 1.97. The van der Waals surface area contributed by atoms with Crippen LogP contribution in [0.3, 0.4) is 0 Å². The molecule has 2 N–H and O–H groups in total. The Bertz CT molecular complexity index is 303. The lowest BCUT2D eigenvalue weighted by Gasteiger charge is -1.97. The fraction of sp³-hybridized carbons (Fsp3) is 0.143. The summed E-state index contributed by atoms with van der Waals surface area (Å²) in [6.45, 7) is 0. The van der Waals surface area contributed by atoms with Crippen LogP contribution in [0.5, 0.6) is 0 Å². The molecule has 0 aromatic carbocycles. The number of rotatable bonds is 1. The van der Waals surface area contributed by atoms with Gasteiger partial charge in [-0.3, -0.25) is 0 Å². The topological polar surface area (TPSA) is 62.7 Å². The van der Waals surface area contributed by atoms with Crippen molar-refractivity contribution in [3.8, 4) is 6.07 Å². The molecule has 0 aliphatic rings. The van der Waals surface area contributed by atoms with Crippen LogP contribution in [0.4, 0.5) is 5.69 Å². The largest absolute Gasteiger partial charge is 0.396 e. The van der Waals surface area contributed by atoms with E-state index in [1.807, 2.05) is 6.07 Å². The van der Waals surface area contributed by atoms with Gasteiger partial charge in [0.05, 0.1) is 18.2 Å². The summed E-state index contributed by atoms with van der Waals surface area (Å²) in [5, 5.41) is 8.61. The molecule has 11 heavy (non-hydrogen) atoms. The van der Waals surface area contributed by atoms with Gasteiger partial charge in [-0.25, -0.2) is 4.98 Å². The number of pyridine rings is 1. The van der Waals surface area contributed by atoms with Gasteiger partial charge in [0.25, 0.3) is 0 Å². The second-order valence-corrected chi connectivity index (χ2v) is 2.42. The quantitative estimate of drug-likeness (QED) is 0.643. The van der Waals surface area contributed by atoms with Crippen molar-refractivity contribution in [3.63, 3.8) is 0 Å². The van der Waals surface area contributed by atoms with Gasteiger partial charge in [-0.2, -0.15) is 5.26 Å². The standard InChI is InChI=1S/C7H6ClN3/c8-7-6(10)3-5(1-2-9)4-11-7/h3-4H,1,10H2. The molecule has 0 aliphatic carbocycles. The van der Waals surface area contributed by atoms with Gasteiger partial charge in [0, 0.05) is 6.20 Å². The van der Waals surface area contributed by atoms with Crippen LogP contribution in [0, 0.1) is 11.3 Å². The Labute approximate surface area is 69.4 Å². The Morgan fingerprint density at radius 2 is 2.45 bits per heavy atom. The van der Waals surface area contributed by atoms with Gasteiger partial charge in [-0.1, -0.05) is 11.6 Å².